The topological polar surface area (TPSA) is 90.7 Å². The highest BCUT2D eigenvalue weighted by atomic mass is 19.1. The number of pyridine rings is 1. The molecular weight excluding hydrogens is 451 g/mol. The summed E-state index contributed by atoms with van der Waals surface area (Å²) < 4.78 is 27.2. The zero-order valence-corrected chi connectivity index (χ0v) is 19.8. The highest BCUT2D eigenvalue weighted by molar-refractivity contribution is 6.17. The van der Waals surface area contributed by atoms with E-state index in [1.165, 1.54) is 25.1 Å². The molecule has 2 aromatic carbocycles. The number of benzene rings is 2. The van der Waals surface area contributed by atoms with E-state index in [1.54, 1.807) is 42.9 Å². The minimum absolute atomic E-state index is 0.0825. The number of carbonyl (C=O) groups is 2. The van der Waals surface area contributed by atoms with Crippen molar-refractivity contribution in [1.82, 2.24) is 9.55 Å². The Kier molecular flexibility index (Phi) is 6.55. The van der Waals surface area contributed by atoms with Gasteiger partial charge in [-0.2, -0.15) is 0 Å². The van der Waals surface area contributed by atoms with Crippen LogP contribution >= 0.6 is 0 Å². The van der Waals surface area contributed by atoms with Crippen LogP contribution in [-0.4, -0.2) is 39.6 Å². The van der Waals surface area contributed by atoms with Crippen molar-refractivity contribution in [3.8, 4) is 11.5 Å². The molecule has 0 aliphatic carbocycles. The maximum atomic E-state index is 14.8. The molecule has 0 fully saturated rings. The second kappa shape index (κ2) is 9.58. The number of aliphatic carboxylic acids is 1. The molecule has 2 heterocycles. The van der Waals surface area contributed by atoms with Crippen LogP contribution in [0.3, 0.4) is 0 Å². The Balaban J connectivity index is 1.79. The van der Waals surface area contributed by atoms with Gasteiger partial charge in [0.2, 0.25) is 0 Å². The summed E-state index contributed by atoms with van der Waals surface area (Å²) >= 11 is 0. The summed E-state index contributed by atoms with van der Waals surface area (Å²) in [7, 11) is 1.56. The van der Waals surface area contributed by atoms with Gasteiger partial charge in [-0.05, 0) is 75.4 Å². The number of aromatic nitrogens is 2. The minimum Gasteiger partial charge on any atom is -0.497 e. The molecule has 35 heavy (non-hydrogen) atoms. The molecule has 0 amide bonds. The molecule has 7 nitrogen and oxygen atoms in total. The first-order valence-corrected chi connectivity index (χ1v) is 11.0. The fourth-order valence-electron chi connectivity index (χ4n) is 3.97. The first-order valence-electron chi connectivity index (χ1n) is 11.0. The van der Waals surface area contributed by atoms with Gasteiger partial charge in [-0.15, -0.1) is 0 Å². The molecule has 0 aliphatic heterocycles. The number of rotatable bonds is 8. The maximum Gasteiger partial charge on any atom is 0.344 e. The van der Waals surface area contributed by atoms with Crippen LogP contribution < -0.4 is 9.47 Å². The molecule has 0 saturated heterocycles. The minimum atomic E-state index is -1.12. The van der Waals surface area contributed by atoms with Crippen molar-refractivity contribution in [3.05, 3.63) is 88.5 Å². The standard InChI is InChI=1S/C27H25FN2O5/c1-15-5-11-22-24(25(31)18-6-8-20(34-4)9-7-18)16(2)30(26(22)29-15)14-19-13-21(10-12-23(19)28)35-17(3)27(32)33/h5-13,17H,14H2,1-4H3,(H,32,33)/t17-/m0/s1. The summed E-state index contributed by atoms with van der Waals surface area (Å²) in [5.41, 5.74) is 3.23. The summed E-state index contributed by atoms with van der Waals surface area (Å²) in [4.78, 5) is 29.3. The van der Waals surface area contributed by atoms with E-state index in [-0.39, 0.29) is 23.6 Å². The number of carbonyl (C=O) groups excluding carboxylic acids is 1. The van der Waals surface area contributed by atoms with Gasteiger partial charge in [0.05, 0.1) is 19.2 Å². The second-order valence-corrected chi connectivity index (χ2v) is 8.28. The fourth-order valence-corrected chi connectivity index (χ4v) is 3.97. The monoisotopic (exact) mass is 476 g/mol. The molecular formula is C27H25FN2O5. The van der Waals surface area contributed by atoms with Crippen molar-refractivity contribution in [2.45, 2.75) is 33.4 Å². The molecule has 0 aliphatic rings. The van der Waals surface area contributed by atoms with Crippen LogP contribution in [0, 0.1) is 19.7 Å². The van der Waals surface area contributed by atoms with E-state index in [0.717, 1.165) is 5.69 Å². The van der Waals surface area contributed by atoms with Gasteiger partial charge >= 0.3 is 5.97 Å². The number of hydrogen-bond donors (Lipinski definition) is 1. The van der Waals surface area contributed by atoms with E-state index in [2.05, 4.69) is 4.98 Å². The predicted octanol–water partition coefficient (Wildman–Crippen LogP) is 4.93. The molecule has 4 aromatic rings. The molecule has 1 N–H and O–H groups in total. The highest BCUT2D eigenvalue weighted by Gasteiger charge is 2.23. The number of aryl methyl sites for hydroxylation is 1. The Bertz CT molecular complexity index is 1430. The first-order chi connectivity index (χ1) is 16.7. The van der Waals surface area contributed by atoms with Gasteiger partial charge in [0.25, 0.3) is 0 Å². The molecule has 0 unspecified atom stereocenters. The Morgan fingerprint density at radius 2 is 1.74 bits per heavy atom. The maximum absolute atomic E-state index is 14.8. The smallest absolute Gasteiger partial charge is 0.344 e. The van der Waals surface area contributed by atoms with Crippen LogP contribution in [0.2, 0.25) is 0 Å². The van der Waals surface area contributed by atoms with E-state index in [0.29, 0.717) is 33.6 Å². The van der Waals surface area contributed by atoms with Crippen molar-refractivity contribution in [2.24, 2.45) is 0 Å². The van der Waals surface area contributed by atoms with Crippen molar-refractivity contribution >= 4 is 22.8 Å². The van der Waals surface area contributed by atoms with Gasteiger partial charge in [-0.25, -0.2) is 14.2 Å². The number of halogens is 1. The van der Waals surface area contributed by atoms with Crippen LogP contribution in [0.4, 0.5) is 4.39 Å². The van der Waals surface area contributed by atoms with Gasteiger partial charge in [0.15, 0.2) is 11.9 Å². The molecule has 0 radical (unpaired) electrons. The summed E-state index contributed by atoms with van der Waals surface area (Å²) in [5.74, 6) is -0.883. The van der Waals surface area contributed by atoms with Crippen molar-refractivity contribution in [1.29, 1.82) is 0 Å². The van der Waals surface area contributed by atoms with Crippen LogP contribution in [0.1, 0.15) is 39.8 Å². The average molecular weight is 477 g/mol. The Morgan fingerprint density at radius 3 is 2.40 bits per heavy atom. The Morgan fingerprint density at radius 1 is 1.06 bits per heavy atom. The third kappa shape index (κ3) is 4.73. The SMILES string of the molecule is COc1ccc(C(=O)c2c(C)n(Cc3cc(O[C@@H](C)C(=O)O)ccc3F)c3nc(C)ccc23)cc1. The van der Waals surface area contributed by atoms with E-state index in [4.69, 9.17) is 14.6 Å². The molecule has 0 spiro atoms. The lowest BCUT2D eigenvalue weighted by Gasteiger charge is -2.14. The molecule has 1 atom stereocenters. The van der Waals surface area contributed by atoms with Crippen molar-refractivity contribution in [3.63, 3.8) is 0 Å². The third-order valence-electron chi connectivity index (χ3n) is 5.89. The largest absolute Gasteiger partial charge is 0.497 e. The molecule has 8 heteroatoms. The summed E-state index contributed by atoms with van der Waals surface area (Å²) in [6.45, 7) is 5.13. The Labute approximate surface area is 201 Å². The average Bonchev–Trinajstić information content (AvgIpc) is 3.11. The number of nitrogens with zero attached hydrogens (tertiary/aromatic N) is 2. The number of fused-ring (bicyclic) bond motifs is 1. The van der Waals surface area contributed by atoms with Gasteiger partial charge < -0.3 is 19.1 Å². The fraction of sp³-hybridized carbons (Fsp3) is 0.222. The molecule has 0 saturated carbocycles. The van der Waals surface area contributed by atoms with E-state index < -0.39 is 17.9 Å². The van der Waals surface area contributed by atoms with Crippen LogP contribution in [-0.2, 0) is 11.3 Å². The second-order valence-electron chi connectivity index (χ2n) is 8.28. The number of hydrogen-bond acceptors (Lipinski definition) is 5. The van der Waals surface area contributed by atoms with Gasteiger partial charge in [-0.3, -0.25) is 4.79 Å². The first kappa shape index (κ1) is 23.9. The number of methoxy groups -OCH3 is 1. The predicted molar refractivity (Wildman–Crippen MR) is 129 cm³/mol. The van der Waals surface area contributed by atoms with E-state index in [1.807, 2.05) is 19.1 Å². The van der Waals surface area contributed by atoms with Gasteiger partial charge in [0.1, 0.15) is 23.0 Å². The summed E-state index contributed by atoms with van der Waals surface area (Å²) in [5, 5.41) is 9.78. The lowest BCUT2D eigenvalue weighted by molar-refractivity contribution is -0.144. The zero-order chi connectivity index (χ0) is 25.3. The quantitative estimate of drug-likeness (QED) is 0.363. The molecule has 2 aromatic heterocycles. The summed E-state index contributed by atoms with van der Waals surface area (Å²) in [6, 6.07) is 14.6. The van der Waals surface area contributed by atoms with E-state index in [9.17, 15) is 14.0 Å². The number of ketones is 1. The van der Waals surface area contributed by atoms with Crippen LogP contribution in [0.15, 0.2) is 54.6 Å². The zero-order valence-electron chi connectivity index (χ0n) is 19.8. The highest BCUT2D eigenvalue weighted by Crippen LogP contribution is 2.30. The lowest BCUT2D eigenvalue weighted by Crippen LogP contribution is -2.23. The third-order valence-corrected chi connectivity index (χ3v) is 5.89. The Hall–Kier alpha value is -4.20. The van der Waals surface area contributed by atoms with Crippen molar-refractivity contribution < 1.29 is 28.6 Å². The van der Waals surface area contributed by atoms with E-state index >= 15 is 0 Å². The molecule has 0 bridgehead atoms. The number of carboxylic acid groups (broad SMARTS) is 1. The number of carboxylic acids is 1. The number of ether oxygens (including phenoxy) is 2. The molecule has 180 valence electrons. The normalized spacial score (nSPS) is 11.9. The van der Waals surface area contributed by atoms with Crippen LogP contribution in [0.25, 0.3) is 11.0 Å². The van der Waals surface area contributed by atoms with Crippen molar-refractivity contribution in [2.75, 3.05) is 7.11 Å². The van der Waals surface area contributed by atoms with Gasteiger partial charge in [0, 0.05) is 27.9 Å². The van der Waals surface area contributed by atoms with Crippen LogP contribution in [0.5, 0.6) is 11.5 Å². The van der Waals surface area contributed by atoms with Gasteiger partial charge in [-0.1, -0.05) is 0 Å². The molecule has 4 rings (SSSR count). The summed E-state index contributed by atoms with van der Waals surface area (Å²) in [6.07, 6.45) is -1.08. The lowest BCUT2D eigenvalue weighted by atomic mass is 10.0.